The molecular weight excluding hydrogens is 176 g/mol. The number of nitrogens with one attached hydrogen (secondary N) is 2. The molecule has 1 atom stereocenters. The van der Waals surface area contributed by atoms with E-state index in [2.05, 4.69) is 16.7 Å². The van der Waals surface area contributed by atoms with Gasteiger partial charge in [0.2, 0.25) is 5.91 Å². The minimum atomic E-state index is -0.190. The summed E-state index contributed by atoms with van der Waals surface area (Å²) >= 11 is 0. The van der Waals surface area contributed by atoms with Crippen molar-refractivity contribution in [3.63, 3.8) is 0 Å². The highest BCUT2D eigenvalue weighted by atomic mass is 16.2. The average molecular weight is 190 g/mol. The molecule has 0 bridgehead atoms. The van der Waals surface area contributed by atoms with Gasteiger partial charge in [0, 0.05) is 11.3 Å². The SMILES string of the molecule is CNC1C(=O)Nc2c(C)ccc(C)c21. The first-order valence-electron chi connectivity index (χ1n) is 4.73. The Bertz CT molecular complexity index is 399. The minimum absolute atomic E-state index is 0.0416. The highest BCUT2D eigenvalue weighted by Crippen LogP contribution is 2.35. The molecule has 1 unspecified atom stereocenters. The number of rotatable bonds is 1. The van der Waals surface area contributed by atoms with Gasteiger partial charge in [-0.05, 0) is 32.0 Å². The van der Waals surface area contributed by atoms with Gasteiger partial charge in [-0.1, -0.05) is 12.1 Å². The fourth-order valence-corrected chi connectivity index (χ4v) is 1.97. The van der Waals surface area contributed by atoms with Crippen LogP contribution >= 0.6 is 0 Å². The summed E-state index contributed by atoms with van der Waals surface area (Å²) in [4.78, 5) is 11.6. The van der Waals surface area contributed by atoms with Gasteiger partial charge in [-0.25, -0.2) is 0 Å². The van der Waals surface area contributed by atoms with Gasteiger partial charge in [0.15, 0.2) is 0 Å². The van der Waals surface area contributed by atoms with E-state index in [-0.39, 0.29) is 11.9 Å². The molecule has 0 radical (unpaired) electrons. The number of aryl methyl sites for hydroxylation is 2. The molecule has 74 valence electrons. The third-order valence-electron chi connectivity index (χ3n) is 2.76. The Hall–Kier alpha value is -1.35. The molecule has 0 aromatic heterocycles. The second kappa shape index (κ2) is 3.10. The number of fused-ring (bicyclic) bond motifs is 1. The topological polar surface area (TPSA) is 41.1 Å². The third-order valence-corrected chi connectivity index (χ3v) is 2.76. The predicted molar refractivity (Wildman–Crippen MR) is 56.3 cm³/mol. The van der Waals surface area contributed by atoms with Crippen LogP contribution in [-0.4, -0.2) is 13.0 Å². The Morgan fingerprint density at radius 2 is 1.93 bits per heavy atom. The largest absolute Gasteiger partial charge is 0.324 e. The number of anilines is 1. The van der Waals surface area contributed by atoms with Crippen LogP contribution in [0.1, 0.15) is 22.7 Å². The molecule has 0 saturated heterocycles. The van der Waals surface area contributed by atoms with E-state index in [9.17, 15) is 4.79 Å². The summed E-state index contributed by atoms with van der Waals surface area (Å²) in [6.45, 7) is 4.04. The van der Waals surface area contributed by atoms with Crippen molar-refractivity contribution in [3.8, 4) is 0 Å². The monoisotopic (exact) mass is 190 g/mol. The number of likely N-dealkylation sites (N-methyl/N-ethyl adjacent to an activating group) is 1. The Labute approximate surface area is 83.5 Å². The maximum Gasteiger partial charge on any atom is 0.246 e. The number of hydrogen-bond acceptors (Lipinski definition) is 2. The third kappa shape index (κ3) is 1.13. The van der Waals surface area contributed by atoms with Crippen molar-refractivity contribution in [2.24, 2.45) is 0 Å². The fraction of sp³-hybridized carbons (Fsp3) is 0.364. The summed E-state index contributed by atoms with van der Waals surface area (Å²) in [6.07, 6.45) is 0. The van der Waals surface area contributed by atoms with Crippen LogP contribution in [0.4, 0.5) is 5.69 Å². The van der Waals surface area contributed by atoms with Gasteiger partial charge in [-0.2, -0.15) is 0 Å². The summed E-state index contributed by atoms with van der Waals surface area (Å²) in [5, 5.41) is 5.93. The van der Waals surface area contributed by atoms with Crippen molar-refractivity contribution in [2.45, 2.75) is 19.9 Å². The molecule has 2 rings (SSSR count). The summed E-state index contributed by atoms with van der Waals surface area (Å²) < 4.78 is 0. The maximum absolute atomic E-state index is 11.6. The molecule has 1 heterocycles. The van der Waals surface area contributed by atoms with Gasteiger partial charge in [-0.3, -0.25) is 4.79 Å². The normalized spacial score (nSPS) is 19.4. The van der Waals surface area contributed by atoms with Gasteiger partial charge in [-0.15, -0.1) is 0 Å². The highest BCUT2D eigenvalue weighted by molar-refractivity contribution is 6.03. The van der Waals surface area contributed by atoms with Crippen LogP contribution in [-0.2, 0) is 4.79 Å². The number of benzene rings is 1. The van der Waals surface area contributed by atoms with Crippen molar-refractivity contribution in [2.75, 3.05) is 12.4 Å². The lowest BCUT2D eigenvalue weighted by Crippen LogP contribution is -2.24. The molecule has 3 nitrogen and oxygen atoms in total. The van der Waals surface area contributed by atoms with Gasteiger partial charge < -0.3 is 10.6 Å². The summed E-state index contributed by atoms with van der Waals surface area (Å²) in [5.74, 6) is 0.0416. The van der Waals surface area contributed by atoms with Gasteiger partial charge in [0.1, 0.15) is 6.04 Å². The molecule has 2 N–H and O–H groups in total. The highest BCUT2D eigenvalue weighted by Gasteiger charge is 2.31. The van der Waals surface area contributed by atoms with E-state index in [1.165, 1.54) is 0 Å². The summed E-state index contributed by atoms with van der Waals surface area (Å²) in [7, 11) is 1.81. The number of carbonyl (C=O) groups is 1. The van der Waals surface area contributed by atoms with Crippen LogP contribution in [0.25, 0.3) is 0 Å². The van der Waals surface area contributed by atoms with Gasteiger partial charge in [0.05, 0.1) is 0 Å². The van der Waals surface area contributed by atoms with E-state index in [1.807, 2.05) is 19.9 Å². The number of carbonyl (C=O) groups excluding carboxylic acids is 1. The van der Waals surface area contributed by atoms with E-state index in [1.54, 1.807) is 7.05 Å². The Morgan fingerprint density at radius 3 is 2.57 bits per heavy atom. The molecule has 0 spiro atoms. The van der Waals surface area contributed by atoms with Crippen LogP contribution in [0.2, 0.25) is 0 Å². The van der Waals surface area contributed by atoms with Crippen LogP contribution in [0.15, 0.2) is 12.1 Å². The van der Waals surface area contributed by atoms with E-state index in [0.717, 1.165) is 22.4 Å². The minimum Gasteiger partial charge on any atom is -0.324 e. The molecule has 1 aliphatic rings. The number of hydrogen-bond donors (Lipinski definition) is 2. The van der Waals surface area contributed by atoms with Crippen molar-refractivity contribution in [1.82, 2.24) is 5.32 Å². The Balaban J connectivity index is 2.62. The lowest BCUT2D eigenvalue weighted by molar-refractivity contribution is -0.117. The zero-order valence-corrected chi connectivity index (χ0v) is 8.64. The first-order chi connectivity index (χ1) is 6.65. The maximum atomic E-state index is 11.6. The van der Waals surface area contributed by atoms with Crippen molar-refractivity contribution >= 4 is 11.6 Å². The van der Waals surface area contributed by atoms with Gasteiger partial charge >= 0.3 is 0 Å². The first-order valence-corrected chi connectivity index (χ1v) is 4.73. The van der Waals surface area contributed by atoms with E-state index in [0.29, 0.717) is 0 Å². The fourth-order valence-electron chi connectivity index (χ4n) is 1.97. The smallest absolute Gasteiger partial charge is 0.246 e. The van der Waals surface area contributed by atoms with E-state index in [4.69, 9.17) is 0 Å². The average Bonchev–Trinajstić information content (AvgIpc) is 2.50. The molecule has 0 saturated carbocycles. The molecule has 1 aromatic carbocycles. The molecule has 1 amide bonds. The van der Waals surface area contributed by atoms with Crippen LogP contribution in [0.5, 0.6) is 0 Å². The second-order valence-electron chi connectivity index (χ2n) is 3.70. The molecular formula is C11H14N2O. The molecule has 3 heteroatoms. The molecule has 1 aliphatic heterocycles. The van der Waals surface area contributed by atoms with Crippen molar-refractivity contribution in [1.29, 1.82) is 0 Å². The van der Waals surface area contributed by atoms with Crippen LogP contribution in [0, 0.1) is 13.8 Å². The van der Waals surface area contributed by atoms with Crippen LogP contribution < -0.4 is 10.6 Å². The van der Waals surface area contributed by atoms with E-state index < -0.39 is 0 Å². The summed E-state index contributed by atoms with van der Waals surface area (Å²) in [5.41, 5.74) is 4.35. The molecule has 0 fully saturated rings. The first kappa shape index (κ1) is 9.21. The Kier molecular flexibility index (Phi) is 2.04. The quantitative estimate of drug-likeness (QED) is 0.705. The molecule has 0 aliphatic carbocycles. The van der Waals surface area contributed by atoms with Crippen LogP contribution in [0.3, 0.4) is 0 Å². The standard InChI is InChI=1S/C11H14N2O/c1-6-4-5-7(2)9-8(6)10(12-3)11(14)13-9/h4-5,10,12H,1-3H3,(H,13,14). The summed E-state index contributed by atoms with van der Waals surface area (Å²) in [6, 6.07) is 3.90. The van der Waals surface area contributed by atoms with Crippen molar-refractivity contribution < 1.29 is 4.79 Å². The number of amides is 1. The van der Waals surface area contributed by atoms with Gasteiger partial charge in [0.25, 0.3) is 0 Å². The van der Waals surface area contributed by atoms with Crippen molar-refractivity contribution in [3.05, 3.63) is 28.8 Å². The van der Waals surface area contributed by atoms with E-state index >= 15 is 0 Å². The molecule has 1 aromatic rings. The molecule has 14 heavy (non-hydrogen) atoms. The zero-order valence-electron chi connectivity index (χ0n) is 8.64. The second-order valence-corrected chi connectivity index (χ2v) is 3.70. The Morgan fingerprint density at radius 1 is 1.29 bits per heavy atom. The predicted octanol–water partition coefficient (Wildman–Crippen LogP) is 1.52. The lowest BCUT2D eigenvalue weighted by atomic mass is 9.99. The lowest BCUT2D eigenvalue weighted by Gasteiger charge is -2.10. The zero-order chi connectivity index (χ0) is 10.3.